The molecule has 0 aliphatic carbocycles. The molecule has 1 aromatic carbocycles. The standard InChI is InChI=1S/C12H15ClFNO3/c1-11(2,3)18-10(16)15-12(14,17)8-5-4-6-9(13)7-8/h4-7,17H,1-3H3,(H,15,16). The summed E-state index contributed by atoms with van der Waals surface area (Å²) in [6, 6.07) is 5.48. The van der Waals surface area contributed by atoms with Crippen LogP contribution in [0.5, 0.6) is 0 Å². The van der Waals surface area contributed by atoms with Gasteiger partial charge < -0.3 is 9.84 Å². The molecule has 100 valence electrons. The highest BCUT2D eigenvalue weighted by molar-refractivity contribution is 6.30. The fraction of sp³-hybridized carbons (Fsp3) is 0.417. The molecule has 1 aromatic rings. The van der Waals surface area contributed by atoms with Gasteiger partial charge in [-0.2, -0.15) is 4.39 Å². The number of benzene rings is 1. The Morgan fingerprint density at radius 3 is 2.56 bits per heavy atom. The molecular formula is C12H15ClFNO3. The van der Waals surface area contributed by atoms with Gasteiger partial charge in [-0.05, 0) is 32.9 Å². The number of carbonyl (C=O) groups is 1. The number of alkyl halides is 1. The largest absolute Gasteiger partial charge is 0.444 e. The number of halogens is 2. The SMILES string of the molecule is CC(C)(C)OC(=O)NC(O)(F)c1cccc(Cl)c1. The van der Waals surface area contributed by atoms with E-state index in [0.29, 0.717) is 0 Å². The first-order valence-corrected chi connectivity index (χ1v) is 5.66. The predicted octanol–water partition coefficient (Wildman–Crippen LogP) is 2.94. The maximum atomic E-state index is 13.9. The van der Waals surface area contributed by atoms with Crippen molar-refractivity contribution in [3.05, 3.63) is 34.9 Å². The monoisotopic (exact) mass is 275 g/mol. The van der Waals surface area contributed by atoms with Gasteiger partial charge >= 0.3 is 12.1 Å². The van der Waals surface area contributed by atoms with E-state index in [9.17, 15) is 14.3 Å². The zero-order chi connectivity index (χ0) is 14.0. The lowest BCUT2D eigenvalue weighted by Crippen LogP contribution is -2.44. The summed E-state index contributed by atoms with van der Waals surface area (Å²) in [4.78, 5) is 11.4. The fourth-order valence-electron chi connectivity index (χ4n) is 1.21. The van der Waals surface area contributed by atoms with Gasteiger partial charge in [-0.1, -0.05) is 23.7 Å². The van der Waals surface area contributed by atoms with Crippen LogP contribution in [0.1, 0.15) is 26.3 Å². The summed E-state index contributed by atoms with van der Waals surface area (Å²) < 4.78 is 18.8. The molecule has 0 aromatic heterocycles. The average Bonchev–Trinajstić information content (AvgIpc) is 2.13. The van der Waals surface area contributed by atoms with E-state index < -0.39 is 17.7 Å². The van der Waals surface area contributed by atoms with Crippen molar-refractivity contribution < 1.29 is 19.0 Å². The molecular weight excluding hydrogens is 261 g/mol. The van der Waals surface area contributed by atoms with Crippen molar-refractivity contribution in [2.45, 2.75) is 32.4 Å². The number of ether oxygens (including phenoxy) is 1. The first-order valence-electron chi connectivity index (χ1n) is 5.29. The second-order valence-corrected chi connectivity index (χ2v) is 5.20. The van der Waals surface area contributed by atoms with E-state index in [-0.39, 0.29) is 10.6 Å². The van der Waals surface area contributed by atoms with Crippen LogP contribution in [0.25, 0.3) is 0 Å². The van der Waals surface area contributed by atoms with Gasteiger partial charge in [0.1, 0.15) is 5.60 Å². The Labute approximate surface area is 110 Å². The van der Waals surface area contributed by atoms with Crippen LogP contribution in [0, 0.1) is 0 Å². The third-order valence-electron chi connectivity index (χ3n) is 1.87. The molecule has 0 fully saturated rings. The van der Waals surface area contributed by atoms with Crippen LogP contribution < -0.4 is 5.32 Å². The number of nitrogens with one attached hydrogen (secondary N) is 1. The number of amides is 1. The van der Waals surface area contributed by atoms with E-state index >= 15 is 0 Å². The number of carbonyl (C=O) groups excluding carboxylic acids is 1. The van der Waals surface area contributed by atoms with Crippen LogP contribution in [0.15, 0.2) is 24.3 Å². The lowest BCUT2D eigenvalue weighted by atomic mass is 10.2. The first kappa shape index (κ1) is 14.7. The Morgan fingerprint density at radius 2 is 2.06 bits per heavy atom. The maximum Gasteiger partial charge on any atom is 0.412 e. The molecule has 1 rings (SSSR count). The van der Waals surface area contributed by atoms with Crippen molar-refractivity contribution in [1.82, 2.24) is 5.32 Å². The van der Waals surface area contributed by atoms with Crippen molar-refractivity contribution >= 4 is 17.7 Å². The normalized spacial score (nSPS) is 14.8. The molecule has 0 spiro atoms. The Balaban J connectivity index is 2.79. The molecule has 2 N–H and O–H groups in total. The Bertz CT molecular complexity index is 443. The van der Waals surface area contributed by atoms with Gasteiger partial charge in [0.15, 0.2) is 0 Å². The topological polar surface area (TPSA) is 58.6 Å². The smallest absolute Gasteiger partial charge is 0.412 e. The summed E-state index contributed by atoms with van der Waals surface area (Å²) in [6.07, 6.45) is -1.06. The van der Waals surface area contributed by atoms with E-state index in [2.05, 4.69) is 0 Å². The molecule has 0 bridgehead atoms. The van der Waals surface area contributed by atoms with E-state index in [1.165, 1.54) is 24.3 Å². The Kier molecular flexibility index (Phi) is 4.19. The van der Waals surface area contributed by atoms with Crippen LogP contribution in [-0.2, 0) is 10.7 Å². The van der Waals surface area contributed by atoms with Gasteiger partial charge in [0, 0.05) is 10.6 Å². The summed E-state index contributed by atoms with van der Waals surface area (Å²) in [5, 5.41) is 11.5. The first-order chi connectivity index (χ1) is 8.10. The van der Waals surface area contributed by atoms with Crippen molar-refractivity contribution in [3.63, 3.8) is 0 Å². The van der Waals surface area contributed by atoms with Gasteiger partial charge in [0.2, 0.25) is 0 Å². The van der Waals surface area contributed by atoms with E-state index in [1.807, 2.05) is 0 Å². The predicted molar refractivity (Wildman–Crippen MR) is 65.8 cm³/mol. The minimum Gasteiger partial charge on any atom is -0.444 e. The van der Waals surface area contributed by atoms with Gasteiger partial charge in [0.05, 0.1) is 0 Å². The molecule has 0 saturated heterocycles. The number of hydrogen-bond donors (Lipinski definition) is 2. The van der Waals surface area contributed by atoms with Crippen LogP contribution in [0.2, 0.25) is 5.02 Å². The van der Waals surface area contributed by atoms with Crippen LogP contribution >= 0.6 is 11.6 Å². The van der Waals surface area contributed by atoms with Crippen LogP contribution in [0.3, 0.4) is 0 Å². The average molecular weight is 276 g/mol. The summed E-state index contributed by atoms with van der Waals surface area (Å²) in [6.45, 7) is 4.88. The molecule has 0 aliphatic rings. The van der Waals surface area contributed by atoms with Crippen LogP contribution in [0.4, 0.5) is 9.18 Å². The lowest BCUT2D eigenvalue weighted by molar-refractivity contribution is -0.123. The minimum atomic E-state index is -3.03. The molecule has 6 heteroatoms. The Hall–Kier alpha value is -1.33. The highest BCUT2D eigenvalue weighted by atomic mass is 35.5. The summed E-state index contributed by atoms with van der Waals surface area (Å²) in [7, 11) is 0. The van der Waals surface area contributed by atoms with E-state index in [1.54, 1.807) is 26.1 Å². The number of hydrogen-bond acceptors (Lipinski definition) is 3. The maximum absolute atomic E-state index is 13.9. The lowest BCUT2D eigenvalue weighted by Gasteiger charge is -2.24. The van der Waals surface area contributed by atoms with Gasteiger partial charge in [0.25, 0.3) is 0 Å². The van der Waals surface area contributed by atoms with Crippen molar-refractivity contribution in [3.8, 4) is 0 Å². The second-order valence-electron chi connectivity index (χ2n) is 4.76. The molecule has 0 aliphatic heterocycles. The molecule has 18 heavy (non-hydrogen) atoms. The molecule has 1 amide bonds. The third kappa shape index (κ3) is 4.50. The quantitative estimate of drug-likeness (QED) is 0.644. The zero-order valence-electron chi connectivity index (χ0n) is 10.3. The highest BCUT2D eigenvalue weighted by Gasteiger charge is 2.33. The fourth-order valence-corrected chi connectivity index (χ4v) is 1.40. The number of aliphatic hydroxyl groups is 1. The van der Waals surface area contributed by atoms with Crippen LogP contribution in [-0.4, -0.2) is 16.8 Å². The molecule has 0 saturated carbocycles. The highest BCUT2D eigenvalue weighted by Crippen LogP contribution is 2.23. The summed E-state index contributed by atoms with van der Waals surface area (Å²) in [5.41, 5.74) is -0.963. The van der Waals surface area contributed by atoms with Gasteiger partial charge in [-0.25, -0.2) is 4.79 Å². The van der Waals surface area contributed by atoms with E-state index in [0.717, 1.165) is 0 Å². The van der Waals surface area contributed by atoms with E-state index in [4.69, 9.17) is 16.3 Å². The van der Waals surface area contributed by atoms with Crippen molar-refractivity contribution in [2.24, 2.45) is 0 Å². The third-order valence-corrected chi connectivity index (χ3v) is 2.11. The Morgan fingerprint density at radius 1 is 1.44 bits per heavy atom. The zero-order valence-corrected chi connectivity index (χ0v) is 11.1. The number of alkyl carbamates (subject to hydrolysis) is 1. The molecule has 4 nitrogen and oxygen atoms in total. The second kappa shape index (κ2) is 5.12. The van der Waals surface area contributed by atoms with Gasteiger partial charge in [-0.15, -0.1) is 0 Å². The molecule has 1 atom stereocenters. The molecule has 0 radical (unpaired) electrons. The minimum absolute atomic E-state index is 0.180. The molecule has 0 heterocycles. The summed E-state index contributed by atoms with van der Waals surface area (Å²) >= 11 is 5.67. The number of rotatable bonds is 2. The van der Waals surface area contributed by atoms with Gasteiger partial charge in [-0.3, -0.25) is 5.32 Å². The molecule has 1 unspecified atom stereocenters. The van der Waals surface area contributed by atoms with Crippen molar-refractivity contribution in [2.75, 3.05) is 0 Å². The summed E-state index contributed by atoms with van der Waals surface area (Å²) in [5.74, 6) is -3.03. The van der Waals surface area contributed by atoms with Crippen molar-refractivity contribution in [1.29, 1.82) is 0 Å².